The summed E-state index contributed by atoms with van der Waals surface area (Å²) in [6, 6.07) is 7.61. The molecule has 0 radical (unpaired) electrons. The average Bonchev–Trinajstić information content (AvgIpc) is 2.39. The van der Waals surface area contributed by atoms with E-state index in [1.807, 2.05) is 24.3 Å². The molecular formula is C15H17NO2. The standard InChI is InChI=1S/C15H17NO2/c1-2-5-10-8-9-12-14(17)11-6-3-4-7-13(11)16-15(12)18-10/h3-4,6-7,10H,2,5,8-9H2,1H3,(H,16,17). The average molecular weight is 243 g/mol. The summed E-state index contributed by atoms with van der Waals surface area (Å²) >= 11 is 0. The maximum absolute atomic E-state index is 12.3. The molecule has 0 amide bonds. The second-order valence-electron chi connectivity index (χ2n) is 4.87. The maximum atomic E-state index is 12.3. The Morgan fingerprint density at radius 3 is 3.06 bits per heavy atom. The quantitative estimate of drug-likeness (QED) is 0.881. The van der Waals surface area contributed by atoms with Crippen molar-refractivity contribution in [2.45, 2.75) is 38.7 Å². The van der Waals surface area contributed by atoms with Crippen LogP contribution in [-0.4, -0.2) is 11.1 Å². The molecule has 1 aromatic carbocycles. The van der Waals surface area contributed by atoms with Gasteiger partial charge in [-0.2, -0.15) is 0 Å². The lowest BCUT2D eigenvalue weighted by Gasteiger charge is -2.25. The topological polar surface area (TPSA) is 42.1 Å². The highest BCUT2D eigenvalue weighted by molar-refractivity contribution is 5.79. The van der Waals surface area contributed by atoms with E-state index in [4.69, 9.17) is 4.74 Å². The third kappa shape index (κ3) is 1.80. The van der Waals surface area contributed by atoms with Gasteiger partial charge in [0.15, 0.2) is 11.3 Å². The summed E-state index contributed by atoms with van der Waals surface area (Å²) in [6.07, 6.45) is 4.17. The van der Waals surface area contributed by atoms with Gasteiger partial charge in [-0.15, -0.1) is 0 Å². The molecule has 3 nitrogen and oxygen atoms in total. The molecule has 0 aliphatic carbocycles. The molecule has 18 heavy (non-hydrogen) atoms. The molecule has 1 atom stereocenters. The van der Waals surface area contributed by atoms with Crippen LogP contribution in [0, 0.1) is 0 Å². The molecule has 2 aromatic rings. The lowest BCUT2D eigenvalue weighted by atomic mass is 10.00. The van der Waals surface area contributed by atoms with Crippen LogP contribution in [0.5, 0.6) is 5.88 Å². The van der Waals surface area contributed by atoms with Crippen molar-refractivity contribution in [1.82, 2.24) is 4.98 Å². The molecule has 0 saturated heterocycles. The first-order valence-electron chi connectivity index (χ1n) is 6.60. The van der Waals surface area contributed by atoms with E-state index in [0.717, 1.165) is 42.1 Å². The minimum absolute atomic E-state index is 0.120. The molecule has 3 heteroatoms. The third-order valence-corrected chi connectivity index (χ3v) is 3.58. The van der Waals surface area contributed by atoms with Crippen LogP contribution in [0.3, 0.4) is 0 Å². The van der Waals surface area contributed by atoms with Crippen LogP contribution in [-0.2, 0) is 6.42 Å². The van der Waals surface area contributed by atoms with E-state index in [1.165, 1.54) is 0 Å². The first-order chi connectivity index (χ1) is 8.79. The number of ether oxygens (including phenoxy) is 1. The van der Waals surface area contributed by atoms with Gasteiger partial charge in [0.25, 0.3) is 0 Å². The Hall–Kier alpha value is -1.77. The van der Waals surface area contributed by atoms with Crippen molar-refractivity contribution in [2.24, 2.45) is 0 Å². The van der Waals surface area contributed by atoms with Gasteiger partial charge in [-0.3, -0.25) is 4.79 Å². The normalized spacial score (nSPS) is 18.4. The summed E-state index contributed by atoms with van der Waals surface area (Å²) in [6.45, 7) is 2.15. The van der Waals surface area contributed by atoms with Crippen molar-refractivity contribution in [3.63, 3.8) is 0 Å². The molecule has 2 heterocycles. The fourth-order valence-electron chi connectivity index (χ4n) is 2.64. The van der Waals surface area contributed by atoms with Gasteiger partial charge in [-0.05, 0) is 31.4 Å². The Morgan fingerprint density at radius 2 is 2.22 bits per heavy atom. The Bertz CT molecular complexity index is 630. The number of hydrogen-bond acceptors (Lipinski definition) is 2. The summed E-state index contributed by atoms with van der Waals surface area (Å²) < 4.78 is 5.91. The van der Waals surface area contributed by atoms with Crippen LogP contribution >= 0.6 is 0 Å². The zero-order chi connectivity index (χ0) is 12.5. The van der Waals surface area contributed by atoms with Crippen molar-refractivity contribution in [3.05, 3.63) is 40.1 Å². The van der Waals surface area contributed by atoms with Gasteiger partial charge in [0, 0.05) is 5.39 Å². The SMILES string of the molecule is CCCC1CCc2c([nH]c3ccccc3c2=O)O1. The van der Waals surface area contributed by atoms with Crippen molar-refractivity contribution in [3.8, 4) is 5.88 Å². The smallest absolute Gasteiger partial charge is 0.198 e. The molecule has 94 valence electrons. The Kier molecular flexibility index (Phi) is 2.82. The predicted octanol–water partition coefficient (Wildman–Crippen LogP) is 3.02. The van der Waals surface area contributed by atoms with Crippen LogP contribution in [0.2, 0.25) is 0 Å². The van der Waals surface area contributed by atoms with E-state index in [2.05, 4.69) is 11.9 Å². The van der Waals surface area contributed by atoms with Gasteiger partial charge in [-0.1, -0.05) is 25.5 Å². The van der Waals surface area contributed by atoms with E-state index >= 15 is 0 Å². The third-order valence-electron chi connectivity index (χ3n) is 3.58. The van der Waals surface area contributed by atoms with Crippen LogP contribution in [0.4, 0.5) is 0 Å². The van der Waals surface area contributed by atoms with E-state index in [1.54, 1.807) is 0 Å². The second-order valence-corrected chi connectivity index (χ2v) is 4.87. The highest BCUT2D eigenvalue weighted by atomic mass is 16.5. The first kappa shape index (κ1) is 11.3. The lowest BCUT2D eigenvalue weighted by molar-refractivity contribution is 0.155. The summed E-state index contributed by atoms with van der Waals surface area (Å²) in [5, 5.41) is 0.758. The molecule has 1 unspecified atom stereocenters. The first-order valence-corrected chi connectivity index (χ1v) is 6.60. The van der Waals surface area contributed by atoms with Crippen LogP contribution in [0.1, 0.15) is 31.7 Å². The van der Waals surface area contributed by atoms with Crippen molar-refractivity contribution < 1.29 is 4.74 Å². The number of para-hydroxylation sites is 1. The number of aromatic amines is 1. The molecule has 1 aliphatic rings. The van der Waals surface area contributed by atoms with Gasteiger partial charge >= 0.3 is 0 Å². The summed E-state index contributed by atoms with van der Waals surface area (Å²) in [5.74, 6) is 0.684. The number of rotatable bonds is 2. The number of H-pyrrole nitrogens is 1. The minimum Gasteiger partial charge on any atom is -0.475 e. The monoisotopic (exact) mass is 243 g/mol. The number of aromatic nitrogens is 1. The minimum atomic E-state index is 0.120. The van der Waals surface area contributed by atoms with E-state index in [-0.39, 0.29) is 11.5 Å². The fourth-order valence-corrected chi connectivity index (χ4v) is 2.64. The number of benzene rings is 1. The largest absolute Gasteiger partial charge is 0.475 e. The molecule has 1 aromatic heterocycles. The second kappa shape index (κ2) is 4.48. The fraction of sp³-hybridized carbons (Fsp3) is 0.400. The lowest BCUT2D eigenvalue weighted by Crippen LogP contribution is -2.27. The van der Waals surface area contributed by atoms with Gasteiger partial charge in [0.2, 0.25) is 0 Å². The number of nitrogens with one attached hydrogen (secondary N) is 1. The molecule has 0 saturated carbocycles. The van der Waals surface area contributed by atoms with Gasteiger partial charge in [0.05, 0.1) is 11.1 Å². The van der Waals surface area contributed by atoms with Gasteiger partial charge in [0.1, 0.15) is 6.10 Å². The summed E-state index contributed by atoms with van der Waals surface area (Å²) in [4.78, 5) is 15.6. The van der Waals surface area contributed by atoms with E-state index in [0.29, 0.717) is 5.88 Å². The van der Waals surface area contributed by atoms with E-state index < -0.39 is 0 Å². The maximum Gasteiger partial charge on any atom is 0.198 e. The van der Waals surface area contributed by atoms with Crippen LogP contribution in [0.15, 0.2) is 29.1 Å². The number of hydrogen-bond donors (Lipinski definition) is 1. The molecule has 0 bridgehead atoms. The highest BCUT2D eigenvalue weighted by Gasteiger charge is 2.22. The molecule has 0 spiro atoms. The zero-order valence-corrected chi connectivity index (χ0v) is 10.5. The Balaban J connectivity index is 2.10. The molecule has 1 N–H and O–H groups in total. The zero-order valence-electron chi connectivity index (χ0n) is 10.5. The van der Waals surface area contributed by atoms with Crippen molar-refractivity contribution in [2.75, 3.05) is 0 Å². The van der Waals surface area contributed by atoms with Crippen molar-refractivity contribution in [1.29, 1.82) is 0 Å². The molecular weight excluding hydrogens is 226 g/mol. The Morgan fingerprint density at radius 1 is 1.39 bits per heavy atom. The Labute approximate surface area is 106 Å². The molecule has 0 fully saturated rings. The highest BCUT2D eigenvalue weighted by Crippen LogP contribution is 2.26. The summed E-state index contributed by atoms with van der Waals surface area (Å²) in [7, 11) is 0. The predicted molar refractivity (Wildman–Crippen MR) is 72.2 cm³/mol. The van der Waals surface area contributed by atoms with Crippen LogP contribution in [0.25, 0.3) is 10.9 Å². The van der Waals surface area contributed by atoms with Crippen molar-refractivity contribution >= 4 is 10.9 Å². The van der Waals surface area contributed by atoms with Crippen LogP contribution < -0.4 is 10.2 Å². The molecule has 3 rings (SSSR count). The van der Waals surface area contributed by atoms with Gasteiger partial charge < -0.3 is 9.72 Å². The molecule has 1 aliphatic heterocycles. The van der Waals surface area contributed by atoms with E-state index in [9.17, 15) is 4.79 Å². The van der Waals surface area contributed by atoms with Gasteiger partial charge in [-0.25, -0.2) is 0 Å². The number of fused-ring (bicyclic) bond motifs is 2. The number of pyridine rings is 1. The summed E-state index contributed by atoms with van der Waals surface area (Å²) in [5.41, 5.74) is 1.79.